The van der Waals surface area contributed by atoms with E-state index in [1.54, 1.807) is 6.07 Å². The van der Waals surface area contributed by atoms with E-state index in [1.165, 1.54) is 25.7 Å². The summed E-state index contributed by atoms with van der Waals surface area (Å²) < 4.78 is 0. The molecule has 1 heterocycles. The van der Waals surface area contributed by atoms with Gasteiger partial charge < -0.3 is 5.32 Å². The van der Waals surface area contributed by atoms with Gasteiger partial charge in [0.15, 0.2) is 0 Å². The molecule has 1 aromatic heterocycles. The van der Waals surface area contributed by atoms with Gasteiger partial charge in [-0.1, -0.05) is 32.8 Å². The SMILES string of the molecule is CC(C)C1CCCCC1Nc1cccc(C#N)n1. The highest BCUT2D eigenvalue weighted by atomic mass is 15.0. The van der Waals surface area contributed by atoms with E-state index in [4.69, 9.17) is 5.26 Å². The first-order valence-corrected chi connectivity index (χ1v) is 6.84. The average molecular weight is 243 g/mol. The summed E-state index contributed by atoms with van der Waals surface area (Å²) in [7, 11) is 0. The van der Waals surface area contributed by atoms with Crippen molar-refractivity contribution in [1.29, 1.82) is 5.26 Å². The predicted molar refractivity (Wildman–Crippen MR) is 73.2 cm³/mol. The normalized spacial score (nSPS) is 23.7. The Kier molecular flexibility index (Phi) is 4.19. The maximum absolute atomic E-state index is 8.87. The lowest BCUT2D eigenvalue weighted by Crippen LogP contribution is -2.35. The van der Waals surface area contributed by atoms with Gasteiger partial charge in [0, 0.05) is 6.04 Å². The van der Waals surface area contributed by atoms with Gasteiger partial charge in [-0.2, -0.15) is 5.26 Å². The molecular weight excluding hydrogens is 222 g/mol. The molecule has 0 aromatic carbocycles. The summed E-state index contributed by atoms with van der Waals surface area (Å²) in [5.74, 6) is 2.25. The second-order valence-electron chi connectivity index (χ2n) is 5.46. The van der Waals surface area contributed by atoms with Crippen LogP contribution in [0.5, 0.6) is 0 Å². The van der Waals surface area contributed by atoms with E-state index in [9.17, 15) is 0 Å². The van der Waals surface area contributed by atoms with Crippen LogP contribution in [0.2, 0.25) is 0 Å². The lowest BCUT2D eigenvalue weighted by atomic mass is 9.78. The van der Waals surface area contributed by atoms with E-state index in [0.29, 0.717) is 23.6 Å². The zero-order valence-corrected chi connectivity index (χ0v) is 11.2. The van der Waals surface area contributed by atoms with Crippen LogP contribution in [0.15, 0.2) is 18.2 Å². The largest absolute Gasteiger partial charge is 0.367 e. The van der Waals surface area contributed by atoms with Crippen molar-refractivity contribution in [3.05, 3.63) is 23.9 Å². The van der Waals surface area contributed by atoms with Crippen molar-refractivity contribution >= 4 is 5.82 Å². The minimum atomic E-state index is 0.483. The van der Waals surface area contributed by atoms with Crippen LogP contribution in [0.4, 0.5) is 5.82 Å². The maximum Gasteiger partial charge on any atom is 0.142 e. The second-order valence-corrected chi connectivity index (χ2v) is 5.46. The number of aromatic nitrogens is 1. The zero-order valence-electron chi connectivity index (χ0n) is 11.2. The third-order valence-corrected chi connectivity index (χ3v) is 3.87. The van der Waals surface area contributed by atoms with Gasteiger partial charge in [-0.05, 0) is 36.8 Å². The molecule has 0 aliphatic heterocycles. The van der Waals surface area contributed by atoms with Gasteiger partial charge in [0.05, 0.1) is 0 Å². The molecule has 0 amide bonds. The minimum Gasteiger partial charge on any atom is -0.367 e. The average Bonchev–Trinajstić information content (AvgIpc) is 2.39. The van der Waals surface area contributed by atoms with Gasteiger partial charge in [-0.15, -0.1) is 0 Å². The Hall–Kier alpha value is -1.56. The molecule has 1 aliphatic carbocycles. The molecule has 1 N–H and O–H groups in total. The minimum absolute atomic E-state index is 0.483. The van der Waals surface area contributed by atoms with Gasteiger partial charge in [-0.3, -0.25) is 0 Å². The number of nitrogens with one attached hydrogen (secondary N) is 1. The van der Waals surface area contributed by atoms with Crippen molar-refractivity contribution in [2.24, 2.45) is 11.8 Å². The molecule has 0 bridgehead atoms. The van der Waals surface area contributed by atoms with Gasteiger partial charge in [0.1, 0.15) is 17.6 Å². The van der Waals surface area contributed by atoms with E-state index in [1.807, 2.05) is 12.1 Å². The Morgan fingerprint density at radius 1 is 1.33 bits per heavy atom. The van der Waals surface area contributed by atoms with Crippen LogP contribution in [0.1, 0.15) is 45.2 Å². The zero-order chi connectivity index (χ0) is 13.0. The first-order valence-electron chi connectivity index (χ1n) is 6.84. The standard InChI is InChI=1S/C15H21N3/c1-11(2)13-7-3-4-8-14(13)18-15-9-5-6-12(10-16)17-15/h5-6,9,11,13-14H,3-4,7-8H2,1-2H3,(H,17,18). The molecule has 96 valence electrons. The van der Waals surface area contributed by atoms with Crippen LogP contribution >= 0.6 is 0 Å². The number of hydrogen-bond donors (Lipinski definition) is 1. The first kappa shape index (κ1) is 12.9. The Bertz CT molecular complexity index is 434. The monoisotopic (exact) mass is 243 g/mol. The fourth-order valence-corrected chi connectivity index (χ4v) is 2.90. The fourth-order valence-electron chi connectivity index (χ4n) is 2.90. The van der Waals surface area contributed by atoms with Crippen LogP contribution in [-0.2, 0) is 0 Å². The van der Waals surface area contributed by atoms with Crippen molar-refractivity contribution in [2.75, 3.05) is 5.32 Å². The second kappa shape index (κ2) is 5.86. The van der Waals surface area contributed by atoms with Crippen molar-refractivity contribution in [2.45, 2.75) is 45.6 Å². The summed E-state index contributed by atoms with van der Waals surface area (Å²) in [5.41, 5.74) is 0.483. The fraction of sp³-hybridized carbons (Fsp3) is 0.600. The molecule has 1 fully saturated rings. The molecule has 18 heavy (non-hydrogen) atoms. The van der Waals surface area contributed by atoms with Crippen molar-refractivity contribution in [3.63, 3.8) is 0 Å². The number of rotatable bonds is 3. The number of anilines is 1. The summed E-state index contributed by atoms with van der Waals surface area (Å²) in [5, 5.41) is 12.4. The number of nitrogens with zero attached hydrogens (tertiary/aromatic N) is 2. The van der Waals surface area contributed by atoms with Crippen LogP contribution in [0.3, 0.4) is 0 Å². The Morgan fingerprint density at radius 2 is 2.11 bits per heavy atom. The van der Waals surface area contributed by atoms with Crippen molar-refractivity contribution in [3.8, 4) is 6.07 Å². The molecule has 2 rings (SSSR count). The highest BCUT2D eigenvalue weighted by molar-refractivity contribution is 5.39. The van der Waals surface area contributed by atoms with Crippen molar-refractivity contribution in [1.82, 2.24) is 4.98 Å². The maximum atomic E-state index is 8.87. The molecule has 1 aliphatic rings. The molecule has 0 radical (unpaired) electrons. The molecule has 2 unspecified atom stereocenters. The Balaban J connectivity index is 2.08. The van der Waals surface area contributed by atoms with Crippen LogP contribution in [0.25, 0.3) is 0 Å². The van der Waals surface area contributed by atoms with E-state index >= 15 is 0 Å². The lowest BCUT2D eigenvalue weighted by Gasteiger charge is -2.35. The lowest BCUT2D eigenvalue weighted by molar-refractivity contribution is 0.253. The molecule has 3 nitrogen and oxygen atoms in total. The van der Waals surface area contributed by atoms with Crippen LogP contribution in [-0.4, -0.2) is 11.0 Å². The molecule has 2 atom stereocenters. The summed E-state index contributed by atoms with van der Waals surface area (Å²) in [6.45, 7) is 4.59. The van der Waals surface area contributed by atoms with E-state index in [-0.39, 0.29) is 0 Å². The van der Waals surface area contributed by atoms with Gasteiger partial charge in [-0.25, -0.2) is 4.98 Å². The first-order chi connectivity index (χ1) is 8.70. The van der Waals surface area contributed by atoms with E-state index < -0.39 is 0 Å². The summed E-state index contributed by atoms with van der Waals surface area (Å²) in [6.07, 6.45) is 5.14. The van der Waals surface area contributed by atoms with E-state index in [0.717, 1.165) is 5.82 Å². The predicted octanol–water partition coefficient (Wildman–Crippen LogP) is 3.58. The topological polar surface area (TPSA) is 48.7 Å². The molecule has 0 saturated heterocycles. The van der Waals surface area contributed by atoms with Gasteiger partial charge in [0.2, 0.25) is 0 Å². The van der Waals surface area contributed by atoms with Crippen molar-refractivity contribution < 1.29 is 0 Å². The summed E-state index contributed by atoms with van der Waals surface area (Å²) in [4.78, 5) is 4.31. The molecule has 0 spiro atoms. The number of pyridine rings is 1. The van der Waals surface area contributed by atoms with Crippen LogP contribution in [0, 0.1) is 23.2 Å². The van der Waals surface area contributed by atoms with Crippen LogP contribution < -0.4 is 5.32 Å². The highest BCUT2D eigenvalue weighted by Gasteiger charge is 2.27. The smallest absolute Gasteiger partial charge is 0.142 e. The Morgan fingerprint density at radius 3 is 2.83 bits per heavy atom. The summed E-state index contributed by atoms with van der Waals surface area (Å²) >= 11 is 0. The molecule has 3 heteroatoms. The van der Waals surface area contributed by atoms with Gasteiger partial charge in [0.25, 0.3) is 0 Å². The molecular formula is C15H21N3. The summed E-state index contributed by atoms with van der Waals surface area (Å²) in [6, 6.07) is 8.17. The highest BCUT2D eigenvalue weighted by Crippen LogP contribution is 2.31. The van der Waals surface area contributed by atoms with E-state index in [2.05, 4.69) is 30.2 Å². The number of nitriles is 1. The Labute approximate surface area is 109 Å². The third-order valence-electron chi connectivity index (χ3n) is 3.87. The third kappa shape index (κ3) is 3.01. The molecule has 1 aromatic rings. The van der Waals surface area contributed by atoms with Gasteiger partial charge >= 0.3 is 0 Å². The quantitative estimate of drug-likeness (QED) is 0.882. The molecule has 1 saturated carbocycles. The number of hydrogen-bond acceptors (Lipinski definition) is 3.